The van der Waals surface area contributed by atoms with Crippen LogP contribution in [0, 0.1) is 0 Å². The molecule has 0 bridgehead atoms. The van der Waals surface area contributed by atoms with Gasteiger partial charge in [-0.05, 0) is 81.7 Å². The van der Waals surface area contributed by atoms with Crippen LogP contribution in [0.2, 0.25) is 0 Å². The predicted molar refractivity (Wildman–Crippen MR) is 103 cm³/mol. The van der Waals surface area contributed by atoms with Crippen LogP contribution in [0.4, 0.5) is 5.69 Å². The summed E-state index contributed by atoms with van der Waals surface area (Å²) in [5.74, 6) is 0.245. The van der Waals surface area contributed by atoms with E-state index >= 15 is 0 Å². The van der Waals surface area contributed by atoms with Gasteiger partial charge in [-0.2, -0.15) is 0 Å². The zero-order chi connectivity index (χ0) is 17.4. The Kier molecular flexibility index (Phi) is 4.51. The van der Waals surface area contributed by atoms with Gasteiger partial charge in [0.15, 0.2) is 0 Å². The van der Waals surface area contributed by atoms with Gasteiger partial charge in [0.05, 0.1) is 6.04 Å². The highest BCUT2D eigenvalue weighted by molar-refractivity contribution is 6.10. The second-order valence-electron chi connectivity index (χ2n) is 7.71. The average molecular weight is 336 g/mol. The van der Waals surface area contributed by atoms with Crippen LogP contribution in [0.15, 0.2) is 46.6 Å². The molecular formula is C22H28N2O. The molecule has 1 unspecified atom stereocenters. The van der Waals surface area contributed by atoms with Crippen molar-refractivity contribution in [2.45, 2.75) is 64.3 Å². The fourth-order valence-corrected chi connectivity index (χ4v) is 4.41. The molecule has 0 saturated heterocycles. The number of anilines is 1. The van der Waals surface area contributed by atoms with Crippen LogP contribution in [0.5, 0.6) is 0 Å². The number of nitrogens with zero attached hydrogens (tertiary/aromatic N) is 1. The molecule has 1 aliphatic heterocycles. The Hall–Kier alpha value is -1.87. The molecule has 0 aromatic heterocycles. The third-order valence-electron chi connectivity index (χ3n) is 5.95. The summed E-state index contributed by atoms with van der Waals surface area (Å²) in [5, 5.41) is 0. The molecule has 3 heteroatoms. The van der Waals surface area contributed by atoms with E-state index in [1.165, 1.54) is 42.4 Å². The van der Waals surface area contributed by atoms with E-state index in [4.69, 9.17) is 5.73 Å². The van der Waals surface area contributed by atoms with Crippen molar-refractivity contribution in [3.05, 3.63) is 52.1 Å². The van der Waals surface area contributed by atoms with Gasteiger partial charge >= 0.3 is 0 Å². The van der Waals surface area contributed by atoms with Gasteiger partial charge in [-0.25, -0.2) is 0 Å². The first-order valence-corrected chi connectivity index (χ1v) is 9.71. The Morgan fingerprint density at radius 2 is 1.92 bits per heavy atom. The van der Waals surface area contributed by atoms with Crippen LogP contribution in [-0.4, -0.2) is 18.5 Å². The number of carbonyl (C=O) groups is 1. The van der Waals surface area contributed by atoms with E-state index in [1.54, 1.807) is 5.57 Å². The predicted octanol–water partition coefficient (Wildman–Crippen LogP) is 4.27. The van der Waals surface area contributed by atoms with Crippen molar-refractivity contribution in [1.82, 2.24) is 0 Å². The Balaban J connectivity index is 1.63. The first-order chi connectivity index (χ1) is 12.2. The zero-order valence-electron chi connectivity index (χ0n) is 15.2. The minimum atomic E-state index is 0.245. The van der Waals surface area contributed by atoms with E-state index < -0.39 is 0 Å². The third kappa shape index (κ3) is 3.18. The van der Waals surface area contributed by atoms with Crippen molar-refractivity contribution in [1.29, 1.82) is 0 Å². The van der Waals surface area contributed by atoms with Crippen molar-refractivity contribution < 1.29 is 4.79 Å². The van der Waals surface area contributed by atoms with Crippen molar-refractivity contribution in [3.8, 4) is 0 Å². The summed E-state index contributed by atoms with van der Waals surface area (Å²) < 4.78 is 0. The smallest absolute Gasteiger partial charge is 0.255 e. The summed E-state index contributed by atoms with van der Waals surface area (Å²) in [5.41, 5.74) is 13.4. The standard InChI is InChI=1S/C22H28N2O/c1-15(17-8-9-17)14-20-19-4-2-3-5-21(19)24(22(20)25)18-10-6-16(7-11-18)12-13-23/h6-7,10-11,21H,2-5,8-9,12-14,23H2,1H3. The maximum absolute atomic E-state index is 13.3. The second-order valence-corrected chi connectivity index (χ2v) is 7.71. The van der Waals surface area contributed by atoms with Gasteiger partial charge in [-0.15, -0.1) is 0 Å². The van der Waals surface area contributed by atoms with Crippen LogP contribution < -0.4 is 10.6 Å². The SMILES string of the molecule is CC(CC1=C2CCCCC2N(c2ccc(CCN)cc2)C1=O)=C1CC1. The maximum atomic E-state index is 13.3. The highest BCUT2D eigenvalue weighted by Crippen LogP contribution is 2.43. The van der Waals surface area contributed by atoms with Crippen LogP contribution in [-0.2, 0) is 11.2 Å². The molecule has 2 saturated carbocycles. The number of rotatable bonds is 5. The van der Waals surface area contributed by atoms with Crippen molar-refractivity contribution in [2.75, 3.05) is 11.4 Å². The van der Waals surface area contributed by atoms with Crippen molar-refractivity contribution in [2.24, 2.45) is 5.73 Å². The Morgan fingerprint density at radius 1 is 1.16 bits per heavy atom. The lowest BCUT2D eigenvalue weighted by atomic mass is 9.87. The number of benzene rings is 1. The van der Waals surface area contributed by atoms with Gasteiger partial charge < -0.3 is 10.6 Å². The number of allylic oxidation sites excluding steroid dienone is 2. The normalized spacial score (nSPS) is 22.5. The van der Waals surface area contributed by atoms with E-state index in [0.29, 0.717) is 6.54 Å². The molecule has 1 amide bonds. The topological polar surface area (TPSA) is 46.3 Å². The molecule has 2 fully saturated rings. The molecule has 25 heavy (non-hydrogen) atoms. The van der Waals surface area contributed by atoms with E-state index in [2.05, 4.69) is 36.1 Å². The Bertz CT molecular complexity index is 736. The second kappa shape index (κ2) is 6.80. The molecular weight excluding hydrogens is 308 g/mol. The summed E-state index contributed by atoms with van der Waals surface area (Å²) >= 11 is 0. The Labute approximate surface area is 150 Å². The zero-order valence-corrected chi connectivity index (χ0v) is 15.2. The van der Waals surface area contributed by atoms with Crippen LogP contribution in [0.3, 0.4) is 0 Å². The van der Waals surface area contributed by atoms with Gasteiger partial charge in [0.1, 0.15) is 0 Å². The van der Waals surface area contributed by atoms with Crippen LogP contribution in [0.25, 0.3) is 0 Å². The molecule has 1 atom stereocenters. The summed E-state index contributed by atoms with van der Waals surface area (Å²) in [4.78, 5) is 15.4. The summed E-state index contributed by atoms with van der Waals surface area (Å²) in [7, 11) is 0. The molecule has 4 rings (SSSR count). The molecule has 1 heterocycles. The van der Waals surface area contributed by atoms with Gasteiger partial charge in [-0.3, -0.25) is 4.79 Å². The van der Waals surface area contributed by atoms with Gasteiger partial charge in [0.2, 0.25) is 0 Å². The average Bonchev–Trinajstić information content (AvgIpc) is 3.43. The Morgan fingerprint density at radius 3 is 2.60 bits per heavy atom. The van der Waals surface area contributed by atoms with Crippen molar-refractivity contribution >= 4 is 11.6 Å². The first-order valence-electron chi connectivity index (χ1n) is 9.71. The lowest BCUT2D eigenvalue weighted by molar-refractivity contribution is -0.114. The lowest BCUT2D eigenvalue weighted by Gasteiger charge is -2.30. The largest absolute Gasteiger partial charge is 0.330 e. The van der Waals surface area contributed by atoms with Gasteiger partial charge in [-0.1, -0.05) is 29.7 Å². The molecule has 0 radical (unpaired) electrons. The fraction of sp³-hybridized carbons (Fsp3) is 0.500. The lowest BCUT2D eigenvalue weighted by Crippen LogP contribution is -2.36. The highest BCUT2D eigenvalue weighted by Gasteiger charge is 2.40. The molecule has 1 aromatic rings. The minimum Gasteiger partial charge on any atom is -0.330 e. The van der Waals surface area contributed by atoms with Crippen molar-refractivity contribution in [3.63, 3.8) is 0 Å². The molecule has 1 aromatic carbocycles. The number of carbonyl (C=O) groups excluding carboxylic acids is 1. The molecule has 132 valence electrons. The number of hydrogen-bond acceptors (Lipinski definition) is 2. The quantitative estimate of drug-likeness (QED) is 0.816. The molecule has 3 aliphatic rings. The number of hydrogen-bond donors (Lipinski definition) is 1. The minimum absolute atomic E-state index is 0.245. The third-order valence-corrected chi connectivity index (χ3v) is 5.95. The van der Waals surface area contributed by atoms with Crippen LogP contribution in [0.1, 0.15) is 57.4 Å². The molecule has 2 N–H and O–H groups in total. The molecule has 2 aliphatic carbocycles. The van der Waals surface area contributed by atoms with Gasteiger partial charge in [0, 0.05) is 11.3 Å². The fourth-order valence-electron chi connectivity index (χ4n) is 4.41. The van der Waals surface area contributed by atoms with E-state index in [1.807, 2.05) is 0 Å². The number of amides is 1. The number of nitrogens with two attached hydrogens (primary N) is 1. The maximum Gasteiger partial charge on any atom is 0.255 e. The summed E-state index contributed by atoms with van der Waals surface area (Å²) in [6, 6.07) is 8.73. The van der Waals surface area contributed by atoms with E-state index in [0.717, 1.165) is 36.9 Å². The molecule has 0 spiro atoms. The first kappa shape index (κ1) is 16.6. The highest BCUT2D eigenvalue weighted by atomic mass is 16.2. The number of fused-ring (bicyclic) bond motifs is 1. The van der Waals surface area contributed by atoms with E-state index in [9.17, 15) is 4.79 Å². The summed E-state index contributed by atoms with van der Waals surface area (Å²) in [6.45, 7) is 2.87. The summed E-state index contributed by atoms with van der Waals surface area (Å²) in [6.07, 6.45) is 8.86. The van der Waals surface area contributed by atoms with Crippen LogP contribution >= 0.6 is 0 Å². The van der Waals surface area contributed by atoms with Gasteiger partial charge in [0.25, 0.3) is 5.91 Å². The van der Waals surface area contributed by atoms with E-state index in [-0.39, 0.29) is 11.9 Å². The monoisotopic (exact) mass is 336 g/mol. The molecule has 3 nitrogen and oxygen atoms in total.